The van der Waals surface area contributed by atoms with Crippen LogP contribution in [0.2, 0.25) is 10.0 Å². The lowest BCUT2D eigenvalue weighted by atomic mass is 10.0. The van der Waals surface area contributed by atoms with Gasteiger partial charge in [0, 0.05) is 33.2 Å². The van der Waals surface area contributed by atoms with Crippen LogP contribution in [0.5, 0.6) is 0 Å². The molecule has 3 rings (SSSR count). The molecule has 31 heavy (non-hydrogen) atoms. The van der Waals surface area contributed by atoms with Crippen LogP contribution >= 0.6 is 23.2 Å². The fourth-order valence-corrected chi connectivity index (χ4v) is 3.24. The standard InChI is InChI=1S/C15H17Cl2N5O2.C2HF3O2/c1-20-9-18-19-15(20)22-6-4-21(5-7-22)13(14(23)24)10-2-3-11(16)12(17)8-10;3-2(4,5)1(6)7/h2-3,8-9,13H,4-7H2,1H3,(H,23,24);(H,6,7). The van der Waals surface area contributed by atoms with E-state index in [0.29, 0.717) is 41.8 Å². The van der Waals surface area contributed by atoms with Crippen molar-refractivity contribution >= 4 is 41.1 Å². The molecule has 1 unspecified atom stereocenters. The third-order valence-electron chi connectivity index (χ3n) is 4.39. The molecule has 9 nitrogen and oxygen atoms in total. The largest absolute Gasteiger partial charge is 0.490 e. The van der Waals surface area contributed by atoms with Gasteiger partial charge in [-0.2, -0.15) is 13.2 Å². The molecule has 0 radical (unpaired) electrons. The first-order chi connectivity index (χ1) is 14.4. The SMILES string of the molecule is Cn1cnnc1N1CCN(C(C(=O)O)c2ccc(Cl)c(Cl)c2)CC1.O=C(O)C(F)(F)F. The number of halogens is 5. The molecule has 1 aromatic heterocycles. The van der Waals surface area contributed by atoms with Crippen molar-refractivity contribution in [1.29, 1.82) is 0 Å². The lowest BCUT2D eigenvalue weighted by molar-refractivity contribution is -0.192. The Kier molecular flexibility index (Phi) is 8.09. The van der Waals surface area contributed by atoms with Gasteiger partial charge in [0.15, 0.2) is 0 Å². The summed E-state index contributed by atoms with van der Waals surface area (Å²) < 4.78 is 33.6. The molecular formula is C17H18Cl2F3N5O4. The number of aromatic nitrogens is 3. The van der Waals surface area contributed by atoms with Crippen molar-refractivity contribution in [2.45, 2.75) is 12.2 Å². The number of carboxylic acid groups (broad SMARTS) is 2. The summed E-state index contributed by atoms with van der Waals surface area (Å²) in [5, 5.41) is 25.6. The Bertz CT molecular complexity index is 933. The van der Waals surface area contributed by atoms with Crippen LogP contribution in [0.4, 0.5) is 19.1 Å². The summed E-state index contributed by atoms with van der Waals surface area (Å²) in [7, 11) is 1.89. The maximum absolute atomic E-state index is 11.8. The first-order valence-corrected chi connectivity index (χ1v) is 9.48. The molecule has 1 aliphatic heterocycles. The van der Waals surface area contributed by atoms with E-state index in [0.717, 1.165) is 5.95 Å². The quantitative estimate of drug-likeness (QED) is 0.682. The summed E-state index contributed by atoms with van der Waals surface area (Å²) in [6.45, 7) is 2.56. The maximum atomic E-state index is 11.8. The van der Waals surface area contributed by atoms with Crippen LogP contribution in [0.15, 0.2) is 24.5 Å². The molecular weight excluding hydrogens is 466 g/mol. The topological polar surface area (TPSA) is 112 Å². The number of rotatable bonds is 4. The number of hydrogen-bond donors (Lipinski definition) is 2. The van der Waals surface area contributed by atoms with Gasteiger partial charge < -0.3 is 19.7 Å². The number of nitrogens with zero attached hydrogens (tertiary/aromatic N) is 5. The third-order valence-corrected chi connectivity index (χ3v) is 5.12. The van der Waals surface area contributed by atoms with Gasteiger partial charge in [0.25, 0.3) is 0 Å². The van der Waals surface area contributed by atoms with Crippen molar-refractivity contribution < 1.29 is 33.0 Å². The van der Waals surface area contributed by atoms with Gasteiger partial charge in [-0.1, -0.05) is 29.3 Å². The van der Waals surface area contributed by atoms with Crippen molar-refractivity contribution in [1.82, 2.24) is 19.7 Å². The highest BCUT2D eigenvalue weighted by Gasteiger charge is 2.38. The first kappa shape index (κ1) is 24.7. The van der Waals surface area contributed by atoms with Crippen molar-refractivity contribution in [3.8, 4) is 0 Å². The molecule has 0 aliphatic carbocycles. The van der Waals surface area contributed by atoms with Crippen LogP contribution in [-0.2, 0) is 16.6 Å². The summed E-state index contributed by atoms with van der Waals surface area (Å²) in [5.74, 6) is -2.87. The van der Waals surface area contributed by atoms with Crippen LogP contribution in [0.25, 0.3) is 0 Å². The number of aryl methyl sites for hydroxylation is 1. The predicted molar refractivity (Wildman–Crippen MR) is 105 cm³/mol. The summed E-state index contributed by atoms with van der Waals surface area (Å²) >= 11 is 12.0. The smallest absolute Gasteiger partial charge is 0.480 e. The van der Waals surface area contributed by atoms with Crippen molar-refractivity contribution in [3.05, 3.63) is 40.1 Å². The molecule has 0 saturated carbocycles. The Morgan fingerprint density at radius 3 is 2.10 bits per heavy atom. The second-order valence-electron chi connectivity index (χ2n) is 6.48. The second-order valence-corrected chi connectivity index (χ2v) is 7.30. The highest BCUT2D eigenvalue weighted by Crippen LogP contribution is 2.29. The zero-order valence-corrected chi connectivity index (χ0v) is 17.6. The van der Waals surface area contributed by atoms with Gasteiger partial charge in [-0.25, -0.2) is 4.79 Å². The molecule has 0 bridgehead atoms. The minimum absolute atomic E-state index is 0.359. The van der Waals surface area contributed by atoms with Crippen LogP contribution < -0.4 is 4.90 Å². The van der Waals surface area contributed by atoms with Crippen molar-refractivity contribution in [2.75, 3.05) is 31.1 Å². The van der Waals surface area contributed by atoms with E-state index in [1.54, 1.807) is 24.5 Å². The molecule has 14 heteroatoms. The van der Waals surface area contributed by atoms with Gasteiger partial charge in [-0.3, -0.25) is 9.69 Å². The van der Waals surface area contributed by atoms with Crippen LogP contribution in [0, 0.1) is 0 Å². The van der Waals surface area contributed by atoms with Gasteiger partial charge in [-0.05, 0) is 17.7 Å². The van der Waals surface area contributed by atoms with Gasteiger partial charge in [0.2, 0.25) is 5.95 Å². The fraction of sp³-hybridized carbons (Fsp3) is 0.412. The monoisotopic (exact) mass is 483 g/mol. The van der Waals surface area contributed by atoms with E-state index in [2.05, 4.69) is 15.1 Å². The number of piperazine rings is 1. The zero-order chi connectivity index (χ0) is 23.3. The average Bonchev–Trinajstić information content (AvgIpc) is 3.11. The highest BCUT2D eigenvalue weighted by molar-refractivity contribution is 6.42. The maximum Gasteiger partial charge on any atom is 0.490 e. The van der Waals surface area contributed by atoms with Gasteiger partial charge in [-0.15, -0.1) is 10.2 Å². The number of hydrogen-bond acceptors (Lipinski definition) is 6. The Labute approximate surface area is 184 Å². The molecule has 0 spiro atoms. The molecule has 1 atom stereocenters. The van der Waals surface area contributed by atoms with E-state index in [4.69, 9.17) is 33.1 Å². The normalized spacial score (nSPS) is 15.7. The van der Waals surface area contributed by atoms with E-state index in [-0.39, 0.29) is 0 Å². The van der Waals surface area contributed by atoms with E-state index in [1.165, 1.54) is 0 Å². The summed E-state index contributed by atoms with van der Waals surface area (Å²) in [5.41, 5.74) is 0.629. The lowest BCUT2D eigenvalue weighted by Crippen LogP contribution is -2.50. The molecule has 1 fully saturated rings. The molecule has 1 aliphatic rings. The average molecular weight is 484 g/mol. The lowest BCUT2D eigenvalue weighted by Gasteiger charge is -2.38. The van der Waals surface area contributed by atoms with Crippen molar-refractivity contribution in [2.24, 2.45) is 7.05 Å². The number of aliphatic carboxylic acids is 2. The molecule has 1 saturated heterocycles. The molecule has 2 aromatic rings. The Balaban J connectivity index is 0.000000423. The first-order valence-electron chi connectivity index (χ1n) is 8.72. The minimum Gasteiger partial charge on any atom is -0.480 e. The number of alkyl halides is 3. The van der Waals surface area contributed by atoms with Gasteiger partial charge in [0.1, 0.15) is 12.4 Å². The molecule has 0 amide bonds. The molecule has 2 heterocycles. The zero-order valence-electron chi connectivity index (χ0n) is 16.1. The minimum atomic E-state index is -5.08. The van der Waals surface area contributed by atoms with E-state index >= 15 is 0 Å². The Morgan fingerprint density at radius 1 is 1.10 bits per heavy atom. The highest BCUT2D eigenvalue weighted by atomic mass is 35.5. The van der Waals surface area contributed by atoms with Crippen LogP contribution in [0.1, 0.15) is 11.6 Å². The Hall–Kier alpha value is -2.57. The Morgan fingerprint density at radius 2 is 1.68 bits per heavy atom. The predicted octanol–water partition coefficient (Wildman–Crippen LogP) is 2.70. The second kappa shape index (κ2) is 10.2. The van der Waals surface area contributed by atoms with E-state index < -0.39 is 24.2 Å². The number of benzene rings is 1. The molecule has 2 N–H and O–H groups in total. The summed E-state index contributed by atoms with van der Waals surface area (Å²) in [4.78, 5) is 24.7. The summed E-state index contributed by atoms with van der Waals surface area (Å²) in [6, 6.07) is 4.21. The third kappa shape index (κ3) is 6.45. The number of carbonyl (C=O) groups is 2. The van der Waals surface area contributed by atoms with Gasteiger partial charge >= 0.3 is 18.1 Å². The molecule has 170 valence electrons. The summed E-state index contributed by atoms with van der Waals surface area (Å²) in [6.07, 6.45) is -3.43. The molecule has 1 aromatic carbocycles. The number of anilines is 1. The fourth-order valence-electron chi connectivity index (χ4n) is 2.94. The van der Waals surface area contributed by atoms with Gasteiger partial charge in [0.05, 0.1) is 10.0 Å². The van der Waals surface area contributed by atoms with Crippen LogP contribution in [0.3, 0.4) is 0 Å². The van der Waals surface area contributed by atoms with E-state index in [9.17, 15) is 23.1 Å². The number of carboxylic acids is 2. The van der Waals surface area contributed by atoms with Crippen LogP contribution in [-0.4, -0.2) is 74.2 Å². The van der Waals surface area contributed by atoms with E-state index in [1.807, 2.05) is 16.5 Å². The van der Waals surface area contributed by atoms with Crippen molar-refractivity contribution in [3.63, 3.8) is 0 Å².